The molecule has 3 aliphatic heterocycles. The first-order valence-corrected chi connectivity index (χ1v) is 12.7. The van der Waals surface area contributed by atoms with E-state index >= 15 is 0 Å². The lowest BCUT2D eigenvalue weighted by Crippen LogP contribution is -2.47. The van der Waals surface area contributed by atoms with Crippen LogP contribution in [0, 0.1) is 0 Å². The molecule has 0 saturated carbocycles. The molecule has 1 amide bonds. The minimum absolute atomic E-state index is 0.0506. The van der Waals surface area contributed by atoms with Crippen LogP contribution in [0.5, 0.6) is 11.5 Å². The molecule has 1 aromatic carbocycles. The molecule has 192 valence electrons. The highest BCUT2D eigenvalue weighted by Gasteiger charge is 2.43. The molecule has 0 spiro atoms. The first kappa shape index (κ1) is 25.8. The number of amidine groups is 1. The molecule has 1 saturated heterocycles. The fourth-order valence-electron chi connectivity index (χ4n) is 4.59. The number of carbonyl (C=O) groups excluding carboxylic acids is 2. The topological polar surface area (TPSA) is 83.9 Å². The maximum absolute atomic E-state index is 13.3. The molecule has 1 atom stereocenters. The van der Waals surface area contributed by atoms with Gasteiger partial charge in [0.25, 0.3) is 0 Å². The van der Waals surface area contributed by atoms with E-state index in [1.54, 1.807) is 27.2 Å². The van der Waals surface area contributed by atoms with Crippen LogP contribution < -0.4 is 9.47 Å². The van der Waals surface area contributed by atoms with Gasteiger partial charge >= 0.3 is 5.97 Å². The van der Waals surface area contributed by atoms with Crippen LogP contribution in [0.2, 0.25) is 0 Å². The van der Waals surface area contributed by atoms with Crippen LogP contribution in [0.25, 0.3) is 0 Å². The summed E-state index contributed by atoms with van der Waals surface area (Å²) in [6.45, 7) is 8.61. The van der Waals surface area contributed by atoms with E-state index in [1.165, 1.54) is 17.8 Å². The summed E-state index contributed by atoms with van der Waals surface area (Å²) >= 11 is 1.44. The van der Waals surface area contributed by atoms with Crippen molar-refractivity contribution in [2.24, 2.45) is 4.99 Å². The molecule has 4 rings (SSSR count). The van der Waals surface area contributed by atoms with Crippen LogP contribution in [0.3, 0.4) is 0 Å². The first-order valence-electron chi connectivity index (χ1n) is 11.8. The van der Waals surface area contributed by atoms with Gasteiger partial charge in [-0.15, -0.1) is 0 Å². The number of ether oxygens (including phenoxy) is 3. The summed E-state index contributed by atoms with van der Waals surface area (Å²) in [6, 6.07) is 4.94. The molecule has 3 aliphatic rings. The highest BCUT2D eigenvalue weighted by molar-refractivity contribution is 8.16. The number of esters is 1. The molecule has 0 aromatic heterocycles. The van der Waals surface area contributed by atoms with Crippen molar-refractivity contribution < 1.29 is 23.8 Å². The molecule has 0 bridgehead atoms. The third-order valence-corrected chi connectivity index (χ3v) is 7.36. The molecule has 1 aromatic rings. The van der Waals surface area contributed by atoms with Gasteiger partial charge in [0, 0.05) is 37.4 Å². The van der Waals surface area contributed by atoms with Gasteiger partial charge in [-0.3, -0.25) is 4.79 Å². The van der Waals surface area contributed by atoms with Crippen LogP contribution in [0.4, 0.5) is 0 Å². The molecular weight excluding hydrogens is 480 g/mol. The number of para-hydroxylation sites is 1. The van der Waals surface area contributed by atoms with Crippen LogP contribution in [0.15, 0.2) is 58.2 Å². The van der Waals surface area contributed by atoms with Gasteiger partial charge in [0.2, 0.25) is 5.91 Å². The number of hydrogen-bond donors (Lipinski definition) is 0. The zero-order chi connectivity index (χ0) is 25.8. The van der Waals surface area contributed by atoms with Crippen molar-refractivity contribution in [3.8, 4) is 11.5 Å². The minimum Gasteiger partial charge on any atom is -0.493 e. The minimum atomic E-state index is -0.610. The number of amides is 1. The third kappa shape index (κ3) is 5.01. The standard InChI is InChI=1S/C26H32N4O5S/c1-6-14-35-25(32)22-17(2)27-26-30(23(22)19-8-7-9-20(33-4)24(19)34-5)18(16-36-26)15-21(31)29-12-10-28(3)11-13-29/h6-9,16,23H,1,10-15H2,2-5H3. The predicted molar refractivity (Wildman–Crippen MR) is 140 cm³/mol. The number of likely N-dealkylation sites (N-methyl/N-ethyl adjacent to an activating group) is 1. The van der Waals surface area contributed by atoms with E-state index < -0.39 is 12.0 Å². The van der Waals surface area contributed by atoms with Gasteiger partial charge in [-0.2, -0.15) is 0 Å². The maximum Gasteiger partial charge on any atom is 0.338 e. The Balaban J connectivity index is 1.74. The van der Waals surface area contributed by atoms with Crippen molar-refractivity contribution in [2.45, 2.75) is 19.4 Å². The molecular formula is C26H32N4O5S. The van der Waals surface area contributed by atoms with Gasteiger partial charge in [-0.25, -0.2) is 9.79 Å². The number of thioether (sulfide) groups is 1. The average Bonchev–Trinajstić information content (AvgIpc) is 3.27. The summed E-state index contributed by atoms with van der Waals surface area (Å²) in [5.41, 5.74) is 2.43. The Hall–Kier alpha value is -3.24. The van der Waals surface area contributed by atoms with Crippen LogP contribution >= 0.6 is 11.8 Å². The second-order valence-corrected chi connectivity index (χ2v) is 9.56. The number of hydrogen-bond acceptors (Lipinski definition) is 9. The van der Waals surface area contributed by atoms with Crippen LogP contribution in [0.1, 0.15) is 24.9 Å². The zero-order valence-electron chi connectivity index (χ0n) is 21.2. The maximum atomic E-state index is 13.3. The lowest BCUT2D eigenvalue weighted by atomic mass is 9.92. The molecule has 9 nitrogen and oxygen atoms in total. The SMILES string of the molecule is C=CCOC(=O)C1=C(C)N=C2SC=C(CC(=O)N3CCN(C)CC3)N2C1c1cccc(OC)c1OC. The largest absolute Gasteiger partial charge is 0.493 e. The molecule has 0 N–H and O–H groups in total. The van der Waals surface area contributed by atoms with Crippen molar-refractivity contribution in [3.63, 3.8) is 0 Å². The van der Waals surface area contributed by atoms with E-state index in [0.29, 0.717) is 41.0 Å². The second-order valence-electron chi connectivity index (χ2n) is 8.72. The van der Waals surface area contributed by atoms with Gasteiger partial charge in [-0.05, 0) is 25.4 Å². The number of benzene rings is 1. The number of carbonyl (C=O) groups is 2. The van der Waals surface area contributed by atoms with Crippen molar-refractivity contribution in [1.29, 1.82) is 0 Å². The quantitative estimate of drug-likeness (QED) is 0.388. The fourth-order valence-corrected chi connectivity index (χ4v) is 5.55. The Labute approximate surface area is 216 Å². The Morgan fingerprint density at radius 2 is 1.94 bits per heavy atom. The monoisotopic (exact) mass is 512 g/mol. The molecule has 36 heavy (non-hydrogen) atoms. The second kappa shape index (κ2) is 11.2. The van der Waals surface area contributed by atoms with Gasteiger partial charge in [0.05, 0.1) is 38.0 Å². The Bertz CT molecular complexity index is 1140. The van der Waals surface area contributed by atoms with Crippen LogP contribution in [-0.4, -0.2) is 85.8 Å². The predicted octanol–water partition coefficient (Wildman–Crippen LogP) is 3.17. The number of piperazine rings is 1. The van der Waals surface area contributed by atoms with Crippen molar-refractivity contribution >= 4 is 28.8 Å². The summed E-state index contributed by atoms with van der Waals surface area (Å²) in [6.07, 6.45) is 1.73. The van der Waals surface area contributed by atoms with E-state index in [2.05, 4.69) is 18.5 Å². The van der Waals surface area contributed by atoms with Gasteiger partial charge in [-0.1, -0.05) is 36.5 Å². The summed E-state index contributed by atoms with van der Waals surface area (Å²) in [4.78, 5) is 37.3. The number of fused-ring (bicyclic) bond motifs is 1. The van der Waals surface area contributed by atoms with E-state index in [4.69, 9.17) is 19.2 Å². The fraction of sp³-hybridized carbons (Fsp3) is 0.423. The lowest BCUT2D eigenvalue weighted by molar-refractivity contribution is -0.138. The Morgan fingerprint density at radius 1 is 1.19 bits per heavy atom. The summed E-state index contributed by atoms with van der Waals surface area (Å²) in [5.74, 6) is 0.609. The lowest BCUT2D eigenvalue weighted by Gasteiger charge is -2.38. The molecule has 0 aliphatic carbocycles. The molecule has 10 heteroatoms. The average molecular weight is 513 g/mol. The first-order chi connectivity index (χ1) is 17.4. The summed E-state index contributed by atoms with van der Waals surface area (Å²) < 4.78 is 16.8. The molecule has 3 heterocycles. The highest BCUT2D eigenvalue weighted by atomic mass is 32.2. The zero-order valence-corrected chi connectivity index (χ0v) is 22.0. The normalized spacial score (nSPS) is 19.9. The number of allylic oxidation sites excluding steroid dienone is 1. The van der Waals surface area contributed by atoms with Crippen molar-refractivity contribution in [1.82, 2.24) is 14.7 Å². The van der Waals surface area contributed by atoms with Crippen LogP contribution in [-0.2, 0) is 14.3 Å². The number of aliphatic imine (C=N–C) groups is 1. The van der Waals surface area contributed by atoms with Crippen molar-refractivity contribution in [2.75, 3.05) is 54.1 Å². The van der Waals surface area contributed by atoms with Gasteiger partial charge in [0.1, 0.15) is 6.61 Å². The van der Waals surface area contributed by atoms with Gasteiger partial charge in [0.15, 0.2) is 16.7 Å². The number of nitrogens with zero attached hydrogens (tertiary/aromatic N) is 4. The summed E-state index contributed by atoms with van der Waals surface area (Å²) in [5, 5.41) is 2.64. The smallest absolute Gasteiger partial charge is 0.338 e. The van der Waals surface area contributed by atoms with Crippen molar-refractivity contribution in [3.05, 3.63) is 58.8 Å². The van der Waals surface area contributed by atoms with E-state index in [9.17, 15) is 9.59 Å². The molecule has 1 fully saturated rings. The Morgan fingerprint density at radius 3 is 2.61 bits per heavy atom. The third-order valence-electron chi connectivity index (χ3n) is 6.47. The summed E-state index contributed by atoms with van der Waals surface area (Å²) in [7, 11) is 5.20. The molecule has 1 unspecified atom stereocenters. The number of rotatable bonds is 8. The number of methoxy groups -OCH3 is 2. The highest BCUT2D eigenvalue weighted by Crippen LogP contribution is 2.48. The Kier molecular flexibility index (Phi) is 8.05. The van der Waals surface area contributed by atoms with E-state index in [1.807, 2.05) is 27.3 Å². The molecule has 0 radical (unpaired) electrons. The van der Waals surface area contributed by atoms with E-state index in [0.717, 1.165) is 24.4 Å². The van der Waals surface area contributed by atoms with Gasteiger partial charge < -0.3 is 28.9 Å². The van der Waals surface area contributed by atoms with E-state index in [-0.39, 0.29) is 18.9 Å².